The van der Waals surface area contributed by atoms with Crippen molar-refractivity contribution in [2.45, 2.75) is 13.1 Å². The van der Waals surface area contributed by atoms with Crippen molar-refractivity contribution in [1.29, 1.82) is 0 Å². The zero-order valence-corrected chi connectivity index (χ0v) is 10.4. The van der Waals surface area contributed by atoms with Crippen molar-refractivity contribution in [3.05, 3.63) is 33.8 Å². The summed E-state index contributed by atoms with van der Waals surface area (Å²) in [6, 6.07) is 4.80. The smallest absolute Gasteiger partial charge is 0.267 e. The highest BCUT2D eigenvalue weighted by molar-refractivity contribution is 9.10. The molecule has 1 amide bonds. The Morgan fingerprint density at radius 2 is 2.06 bits per heavy atom. The molecule has 1 N–H and O–H groups in total. The molecule has 0 saturated carbocycles. The monoisotopic (exact) mass is 311 g/mol. The second-order valence-corrected chi connectivity index (χ2v) is 4.27. The fourth-order valence-corrected chi connectivity index (χ4v) is 1.72. The van der Waals surface area contributed by atoms with E-state index in [1.807, 2.05) is 0 Å². The van der Waals surface area contributed by atoms with Crippen molar-refractivity contribution in [1.82, 2.24) is 5.48 Å². The highest BCUT2D eigenvalue weighted by Gasteiger charge is 2.28. The predicted octanol–water partition coefficient (Wildman–Crippen LogP) is 2.98. The molecular formula is C10H9BrF3NO2. The van der Waals surface area contributed by atoms with Crippen LogP contribution in [0.1, 0.15) is 15.9 Å². The molecule has 94 valence electrons. The van der Waals surface area contributed by atoms with Crippen molar-refractivity contribution in [3.63, 3.8) is 0 Å². The number of benzene rings is 1. The van der Waals surface area contributed by atoms with Gasteiger partial charge >= 0.3 is 6.18 Å². The van der Waals surface area contributed by atoms with Crippen LogP contribution in [0.15, 0.2) is 22.7 Å². The molecule has 1 aromatic carbocycles. The van der Waals surface area contributed by atoms with Gasteiger partial charge in [-0.05, 0) is 30.7 Å². The lowest BCUT2D eigenvalue weighted by Crippen LogP contribution is -2.29. The normalized spacial score (nSPS) is 11.4. The summed E-state index contributed by atoms with van der Waals surface area (Å²) in [5, 5.41) is 0. The number of rotatable bonds is 3. The largest absolute Gasteiger partial charge is 0.414 e. The van der Waals surface area contributed by atoms with Crippen LogP contribution in [0.2, 0.25) is 0 Å². The average molecular weight is 312 g/mol. The van der Waals surface area contributed by atoms with E-state index in [4.69, 9.17) is 0 Å². The van der Waals surface area contributed by atoms with Crippen LogP contribution in [-0.2, 0) is 4.84 Å². The van der Waals surface area contributed by atoms with E-state index in [1.54, 1.807) is 18.5 Å². The number of hydroxylamine groups is 1. The molecule has 0 aliphatic carbocycles. The molecule has 0 aliphatic rings. The highest BCUT2D eigenvalue weighted by Crippen LogP contribution is 2.16. The Bertz CT molecular complexity index is 400. The maximum absolute atomic E-state index is 11.8. The van der Waals surface area contributed by atoms with Crippen LogP contribution in [0.25, 0.3) is 0 Å². The Labute approximate surface area is 104 Å². The standard InChI is InChI=1S/C10H9BrF3NO2/c1-6-2-7(4-8(11)3-6)9(16)15-17-5-10(12,13)14/h2-4H,5H2,1H3,(H,15,16). The van der Waals surface area contributed by atoms with Gasteiger partial charge in [0.15, 0.2) is 6.61 Å². The average Bonchev–Trinajstić information content (AvgIpc) is 2.13. The van der Waals surface area contributed by atoms with Crippen LogP contribution < -0.4 is 5.48 Å². The SMILES string of the molecule is Cc1cc(Br)cc(C(=O)NOCC(F)(F)F)c1. The number of hydrogen-bond acceptors (Lipinski definition) is 2. The molecule has 0 saturated heterocycles. The van der Waals surface area contributed by atoms with E-state index in [-0.39, 0.29) is 5.56 Å². The lowest BCUT2D eigenvalue weighted by Gasteiger charge is -2.08. The topological polar surface area (TPSA) is 38.3 Å². The summed E-state index contributed by atoms with van der Waals surface area (Å²) >= 11 is 3.18. The van der Waals surface area contributed by atoms with Crippen molar-refractivity contribution in [2.24, 2.45) is 0 Å². The molecule has 0 aliphatic heterocycles. The lowest BCUT2D eigenvalue weighted by molar-refractivity contribution is -0.184. The summed E-state index contributed by atoms with van der Waals surface area (Å²) in [6.07, 6.45) is -4.47. The van der Waals surface area contributed by atoms with Crippen LogP contribution in [0.4, 0.5) is 13.2 Å². The molecule has 7 heteroatoms. The van der Waals surface area contributed by atoms with Gasteiger partial charge in [-0.3, -0.25) is 9.63 Å². The maximum Gasteiger partial charge on any atom is 0.414 e. The number of nitrogens with one attached hydrogen (secondary N) is 1. The van der Waals surface area contributed by atoms with Crippen molar-refractivity contribution in [3.8, 4) is 0 Å². The minimum Gasteiger partial charge on any atom is -0.267 e. The Balaban J connectivity index is 2.58. The van der Waals surface area contributed by atoms with Gasteiger partial charge in [0.25, 0.3) is 5.91 Å². The zero-order chi connectivity index (χ0) is 13.1. The second kappa shape index (κ2) is 5.50. The van der Waals surface area contributed by atoms with Gasteiger partial charge in [0, 0.05) is 10.0 Å². The first-order chi connectivity index (χ1) is 7.78. The minimum atomic E-state index is -4.47. The third kappa shape index (κ3) is 5.18. The van der Waals surface area contributed by atoms with E-state index in [0.717, 1.165) is 5.56 Å². The quantitative estimate of drug-likeness (QED) is 0.872. The van der Waals surface area contributed by atoms with Gasteiger partial charge in [-0.2, -0.15) is 13.2 Å². The van der Waals surface area contributed by atoms with Crippen molar-refractivity contribution < 1.29 is 22.8 Å². The maximum atomic E-state index is 11.8. The molecule has 0 spiro atoms. The first kappa shape index (κ1) is 14.0. The summed E-state index contributed by atoms with van der Waals surface area (Å²) in [7, 11) is 0. The predicted molar refractivity (Wildman–Crippen MR) is 58.4 cm³/mol. The number of carbonyl (C=O) groups is 1. The Hall–Kier alpha value is -1.08. The van der Waals surface area contributed by atoms with Crippen LogP contribution in [0, 0.1) is 6.92 Å². The molecule has 0 atom stereocenters. The fourth-order valence-electron chi connectivity index (χ4n) is 1.11. The molecule has 3 nitrogen and oxygen atoms in total. The Kier molecular flexibility index (Phi) is 4.53. The molecule has 0 fully saturated rings. The molecule has 17 heavy (non-hydrogen) atoms. The highest BCUT2D eigenvalue weighted by atomic mass is 79.9. The van der Waals surface area contributed by atoms with E-state index >= 15 is 0 Å². The summed E-state index contributed by atoms with van der Waals surface area (Å²) < 4.78 is 35.9. The van der Waals surface area contributed by atoms with Crippen LogP contribution in [-0.4, -0.2) is 18.7 Å². The number of carbonyl (C=O) groups excluding carboxylic acids is 1. The lowest BCUT2D eigenvalue weighted by atomic mass is 10.1. The summed E-state index contributed by atoms with van der Waals surface area (Å²) in [4.78, 5) is 15.5. The number of alkyl halides is 3. The number of hydrogen-bond donors (Lipinski definition) is 1. The van der Waals surface area contributed by atoms with Gasteiger partial charge in [0.2, 0.25) is 0 Å². The molecule has 0 radical (unpaired) electrons. The fraction of sp³-hybridized carbons (Fsp3) is 0.300. The molecule has 0 unspecified atom stereocenters. The van der Waals surface area contributed by atoms with Crippen LogP contribution in [0.3, 0.4) is 0 Å². The second-order valence-electron chi connectivity index (χ2n) is 3.35. The Morgan fingerprint density at radius 1 is 1.41 bits per heavy atom. The molecule has 0 bridgehead atoms. The number of amides is 1. The molecule has 1 rings (SSSR count). The summed E-state index contributed by atoms with van der Waals surface area (Å²) in [5.74, 6) is -0.723. The van der Waals surface area contributed by atoms with E-state index in [2.05, 4.69) is 20.8 Å². The van der Waals surface area contributed by atoms with Crippen LogP contribution in [0.5, 0.6) is 0 Å². The first-order valence-electron chi connectivity index (χ1n) is 4.54. The van der Waals surface area contributed by atoms with Gasteiger partial charge in [0.1, 0.15) is 0 Å². The van der Waals surface area contributed by atoms with Gasteiger partial charge in [0.05, 0.1) is 0 Å². The van der Waals surface area contributed by atoms with Gasteiger partial charge in [-0.25, -0.2) is 5.48 Å². The zero-order valence-electron chi connectivity index (χ0n) is 8.77. The van der Waals surface area contributed by atoms with E-state index in [1.165, 1.54) is 12.1 Å². The molecule has 0 aromatic heterocycles. The molecule has 0 heterocycles. The number of halogens is 4. The molecule has 1 aromatic rings. The van der Waals surface area contributed by atoms with Gasteiger partial charge in [-0.1, -0.05) is 15.9 Å². The summed E-state index contributed by atoms with van der Waals surface area (Å²) in [5.41, 5.74) is 2.76. The van der Waals surface area contributed by atoms with Crippen LogP contribution >= 0.6 is 15.9 Å². The van der Waals surface area contributed by atoms with E-state index < -0.39 is 18.7 Å². The van der Waals surface area contributed by atoms with E-state index in [0.29, 0.717) is 4.47 Å². The van der Waals surface area contributed by atoms with Crippen molar-refractivity contribution in [2.75, 3.05) is 6.61 Å². The third-order valence-electron chi connectivity index (χ3n) is 1.71. The van der Waals surface area contributed by atoms with E-state index in [9.17, 15) is 18.0 Å². The first-order valence-corrected chi connectivity index (χ1v) is 5.33. The number of aryl methyl sites for hydroxylation is 1. The van der Waals surface area contributed by atoms with Gasteiger partial charge in [-0.15, -0.1) is 0 Å². The minimum absolute atomic E-state index is 0.221. The molecular weight excluding hydrogens is 303 g/mol. The van der Waals surface area contributed by atoms with Gasteiger partial charge < -0.3 is 0 Å². The van der Waals surface area contributed by atoms with Crippen molar-refractivity contribution >= 4 is 21.8 Å². The Morgan fingerprint density at radius 3 is 2.59 bits per heavy atom. The third-order valence-corrected chi connectivity index (χ3v) is 2.16. The summed E-state index contributed by atoms with van der Waals surface area (Å²) in [6.45, 7) is 0.240.